The van der Waals surface area contributed by atoms with Gasteiger partial charge in [0.05, 0.1) is 10.6 Å². The molecule has 33 heavy (non-hydrogen) atoms. The van der Waals surface area contributed by atoms with E-state index in [1.54, 1.807) is 4.90 Å². The lowest BCUT2D eigenvalue weighted by Crippen LogP contribution is -2.46. The van der Waals surface area contributed by atoms with E-state index in [0.717, 1.165) is 69.1 Å². The summed E-state index contributed by atoms with van der Waals surface area (Å²) in [5.74, 6) is 4.19. The van der Waals surface area contributed by atoms with Crippen molar-refractivity contribution < 1.29 is 27.9 Å². The highest BCUT2D eigenvalue weighted by atomic mass is 32.1. The van der Waals surface area contributed by atoms with Crippen molar-refractivity contribution in [2.24, 2.45) is 17.3 Å². The Morgan fingerprint density at radius 2 is 1.73 bits per heavy atom. The van der Waals surface area contributed by atoms with E-state index in [4.69, 9.17) is 0 Å². The summed E-state index contributed by atoms with van der Waals surface area (Å²) in [4.78, 5) is 27.7. The number of aromatic carboxylic acids is 1. The molecule has 0 saturated heterocycles. The average Bonchev–Trinajstić information content (AvgIpc) is 3.47. The van der Waals surface area contributed by atoms with Crippen LogP contribution in [-0.4, -0.2) is 29.2 Å². The van der Waals surface area contributed by atoms with Crippen LogP contribution in [0.5, 0.6) is 0 Å². The first-order valence-corrected chi connectivity index (χ1v) is 12.7. The standard InChI is InChI=1S/C25H30F3NO3S/c1-16-7-9-17(10-8-16)22(30)29(18-5-3-2-4-6-18)20-15-19(33-21(20)23(31)32)11-12-24(13-14-24)25(26,27)28/h15-18H,2-10,13-14H2,1H3,(H,31,32). The van der Waals surface area contributed by atoms with Gasteiger partial charge in [-0.25, -0.2) is 4.79 Å². The highest BCUT2D eigenvalue weighted by Crippen LogP contribution is 2.57. The zero-order valence-electron chi connectivity index (χ0n) is 18.8. The van der Waals surface area contributed by atoms with Crippen molar-refractivity contribution in [2.75, 3.05) is 4.90 Å². The zero-order chi connectivity index (χ0) is 23.8. The molecule has 0 atom stereocenters. The summed E-state index contributed by atoms with van der Waals surface area (Å²) in [6.45, 7) is 2.18. The molecule has 1 aromatic rings. The largest absolute Gasteiger partial charge is 0.477 e. The Kier molecular flexibility index (Phi) is 6.82. The summed E-state index contributed by atoms with van der Waals surface area (Å²) >= 11 is 0.869. The predicted molar refractivity (Wildman–Crippen MR) is 121 cm³/mol. The van der Waals surface area contributed by atoms with Gasteiger partial charge >= 0.3 is 12.1 Å². The van der Waals surface area contributed by atoms with E-state index in [0.29, 0.717) is 11.6 Å². The van der Waals surface area contributed by atoms with E-state index >= 15 is 0 Å². The van der Waals surface area contributed by atoms with Crippen LogP contribution in [0.2, 0.25) is 0 Å². The molecule has 0 aliphatic heterocycles. The Hall–Kier alpha value is -2.01. The summed E-state index contributed by atoms with van der Waals surface area (Å²) in [6, 6.07) is 1.45. The van der Waals surface area contributed by atoms with E-state index in [9.17, 15) is 27.9 Å². The Labute approximate surface area is 196 Å². The van der Waals surface area contributed by atoms with Crippen molar-refractivity contribution in [3.05, 3.63) is 15.8 Å². The normalized spacial score (nSPS) is 25.1. The second kappa shape index (κ2) is 9.32. The van der Waals surface area contributed by atoms with Gasteiger partial charge in [0, 0.05) is 12.0 Å². The molecule has 1 N–H and O–H groups in total. The fourth-order valence-corrected chi connectivity index (χ4v) is 5.94. The maximum Gasteiger partial charge on any atom is 0.405 e. The smallest absolute Gasteiger partial charge is 0.405 e. The van der Waals surface area contributed by atoms with Gasteiger partial charge in [0.25, 0.3) is 0 Å². The number of carbonyl (C=O) groups is 2. The molecule has 0 bridgehead atoms. The van der Waals surface area contributed by atoms with Gasteiger partial charge in [-0.3, -0.25) is 4.79 Å². The van der Waals surface area contributed by atoms with Crippen LogP contribution in [0.15, 0.2) is 6.07 Å². The van der Waals surface area contributed by atoms with Gasteiger partial charge in [-0.1, -0.05) is 38.0 Å². The molecule has 3 aliphatic carbocycles. The lowest BCUT2D eigenvalue weighted by molar-refractivity contribution is -0.168. The Morgan fingerprint density at radius 3 is 2.27 bits per heavy atom. The third-order valence-corrected chi connectivity index (χ3v) is 8.45. The van der Waals surface area contributed by atoms with Crippen molar-refractivity contribution in [3.63, 3.8) is 0 Å². The highest BCUT2D eigenvalue weighted by Gasteiger charge is 2.62. The van der Waals surface area contributed by atoms with Gasteiger partial charge in [0.15, 0.2) is 0 Å². The van der Waals surface area contributed by atoms with Crippen molar-refractivity contribution in [1.82, 2.24) is 0 Å². The van der Waals surface area contributed by atoms with Crippen LogP contribution in [0.4, 0.5) is 18.9 Å². The van der Waals surface area contributed by atoms with Gasteiger partial charge < -0.3 is 10.0 Å². The average molecular weight is 482 g/mol. The summed E-state index contributed by atoms with van der Waals surface area (Å²) < 4.78 is 39.8. The summed E-state index contributed by atoms with van der Waals surface area (Å²) in [6.07, 6.45) is 3.73. The van der Waals surface area contributed by atoms with E-state index in [1.807, 2.05) is 0 Å². The first-order valence-electron chi connectivity index (χ1n) is 11.9. The molecule has 0 spiro atoms. The number of thiophene rings is 1. The molecular formula is C25H30F3NO3S. The number of carboxylic acid groups (broad SMARTS) is 1. The Balaban J connectivity index is 1.69. The molecule has 1 heterocycles. The predicted octanol–water partition coefficient (Wildman–Crippen LogP) is 6.63. The number of rotatable bonds is 4. The van der Waals surface area contributed by atoms with Crippen LogP contribution in [-0.2, 0) is 4.79 Å². The maximum absolute atomic E-state index is 13.7. The monoisotopic (exact) mass is 481 g/mol. The number of halogens is 3. The van der Waals surface area contributed by atoms with Crippen molar-refractivity contribution in [3.8, 4) is 11.8 Å². The number of nitrogens with zero attached hydrogens (tertiary/aromatic N) is 1. The lowest BCUT2D eigenvalue weighted by Gasteiger charge is -2.38. The molecule has 1 amide bonds. The van der Waals surface area contributed by atoms with E-state index < -0.39 is 17.6 Å². The topological polar surface area (TPSA) is 57.6 Å². The van der Waals surface area contributed by atoms with E-state index in [-0.39, 0.29) is 40.5 Å². The molecule has 0 aromatic carbocycles. The van der Waals surface area contributed by atoms with E-state index in [2.05, 4.69) is 18.8 Å². The van der Waals surface area contributed by atoms with Gasteiger partial charge in [-0.2, -0.15) is 13.2 Å². The first-order chi connectivity index (χ1) is 15.6. The number of amides is 1. The quantitative estimate of drug-likeness (QED) is 0.491. The number of anilines is 1. The van der Waals surface area contributed by atoms with Crippen LogP contribution >= 0.6 is 11.3 Å². The van der Waals surface area contributed by atoms with Crippen LogP contribution in [0, 0.1) is 29.1 Å². The molecule has 4 rings (SSSR count). The molecule has 3 aliphatic rings. The van der Waals surface area contributed by atoms with Gasteiger partial charge in [-0.05, 0) is 63.4 Å². The second-order valence-corrected chi connectivity index (χ2v) is 11.0. The van der Waals surface area contributed by atoms with Crippen molar-refractivity contribution in [1.29, 1.82) is 0 Å². The summed E-state index contributed by atoms with van der Waals surface area (Å²) in [7, 11) is 0. The van der Waals surface area contributed by atoms with Crippen LogP contribution in [0.25, 0.3) is 0 Å². The minimum atomic E-state index is -4.39. The molecule has 3 fully saturated rings. The summed E-state index contributed by atoms with van der Waals surface area (Å²) in [5, 5.41) is 9.87. The second-order valence-electron chi connectivity index (χ2n) is 9.92. The van der Waals surface area contributed by atoms with Gasteiger partial charge in [0.1, 0.15) is 10.3 Å². The SMILES string of the molecule is CC1CCC(C(=O)N(c2cc(C#CC3(C(F)(F)F)CC3)sc2C(=O)O)C2CCCCC2)CC1. The van der Waals surface area contributed by atoms with Gasteiger partial charge in [0.2, 0.25) is 5.91 Å². The lowest BCUT2D eigenvalue weighted by atomic mass is 9.81. The van der Waals surface area contributed by atoms with Crippen molar-refractivity contribution in [2.45, 2.75) is 89.8 Å². The van der Waals surface area contributed by atoms with Gasteiger partial charge in [-0.15, -0.1) is 11.3 Å². The molecule has 0 unspecified atom stereocenters. The Morgan fingerprint density at radius 1 is 1.09 bits per heavy atom. The van der Waals surface area contributed by atoms with Crippen molar-refractivity contribution >= 4 is 28.9 Å². The maximum atomic E-state index is 13.7. The van der Waals surface area contributed by atoms with Crippen LogP contribution in [0.3, 0.4) is 0 Å². The third-order valence-electron chi connectivity index (χ3n) is 7.43. The van der Waals surface area contributed by atoms with Crippen LogP contribution < -0.4 is 4.90 Å². The fourth-order valence-electron chi connectivity index (χ4n) is 5.10. The molecule has 8 heteroatoms. The Bertz CT molecular complexity index is 956. The molecule has 4 nitrogen and oxygen atoms in total. The molecule has 1 aromatic heterocycles. The zero-order valence-corrected chi connectivity index (χ0v) is 19.7. The number of hydrogen-bond acceptors (Lipinski definition) is 3. The summed E-state index contributed by atoms with van der Waals surface area (Å²) in [5.41, 5.74) is -1.66. The fraction of sp³-hybridized carbons (Fsp3) is 0.680. The van der Waals surface area contributed by atoms with E-state index in [1.165, 1.54) is 6.07 Å². The number of carbonyl (C=O) groups excluding carboxylic acids is 1. The molecule has 180 valence electrons. The highest BCUT2D eigenvalue weighted by molar-refractivity contribution is 7.15. The third kappa shape index (κ3) is 5.08. The molecule has 0 radical (unpaired) electrons. The van der Waals surface area contributed by atoms with Crippen LogP contribution in [0.1, 0.15) is 92.1 Å². The molecule has 3 saturated carbocycles. The first kappa shape index (κ1) is 24.1. The number of alkyl halides is 3. The molecular weight excluding hydrogens is 451 g/mol. The minimum absolute atomic E-state index is 0.0146. The minimum Gasteiger partial charge on any atom is -0.477 e. The number of hydrogen-bond donors (Lipinski definition) is 1. The number of carboxylic acids is 1.